The lowest BCUT2D eigenvalue weighted by Crippen LogP contribution is -2.03. The third-order valence-electron chi connectivity index (χ3n) is 2.12. The van der Waals surface area contributed by atoms with Crippen molar-refractivity contribution in [3.63, 3.8) is 0 Å². The van der Waals surface area contributed by atoms with E-state index in [0.29, 0.717) is 24.8 Å². The highest BCUT2D eigenvalue weighted by molar-refractivity contribution is 7.47. The summed E-state index contributed by atoms with van der Waals surface area (Å²) in [7, 11) is 0. The van der Waals surface area contributed by atoms with E-state index < -0.39 is 0 Å². The highest BCUT2D eigenvalue weighted by atomic mass is 32.1. The average Bonchev–Trinajstić information content (AvgIpc) is 2.78. The molecule has 0 radical (unpaired) electrons. The fourth-order valence-electron chi connectivity index (χ4n) is 1.43. The molecule has 0 saturated heterocycles. The molecule has 2 aromatic heterocycles. The van der Waals surface area contributed by atoms with Gasteiger partial charge >= 0.3 is 0 Å². The van der Waals surface area contributed by atoms with Gasteiger partial charge in [0.2, 0.25) is 5.88 Å². The molecule has 2 rings (SSSR count). The highest BCUT2D eigenvalue weighted by Crippen LogP contribution is 2.10. The average molecular weight is 248 g/mol. The Kier molecular flexibility index (Phi) is 3.77. The molecule has 0 aromatic carbocycles. The monoisotopic (exact) mass is 248 g/mol. The first kappa shape index (κ1) is 11.7. The van der Waals surface area contributed by atoms with Crippen molar-refractivity contribution in [2.45, 2.75) is 13.5 Å². The van der Waals surface area contributed by atoms with Crippen LogP contribution in [0.4, 0.5) is 5.82 Å². The van der Waals surface area contributed by atoms with Crippen molar-refractivity contribution in [3.05, 3.63) is 36.2 Å². The predicted molar refractivity (Wildman–Crippen MR) is 66.2 cm³/mol. The van der Waals surface area contributed by atoms with E-state index in [9.17, 15) is 0 Å². The first-order valence-corrected chi connectivity index (χ1v) is 5.64. The summed E-state index contributed by atoms with van der Waals surface area (Å²) in [4.78, 5) is 4.35. The number of hydrogen-bond acceptors (Lipinski definition) is 5. The van der Waals surface area contributed by atoms with Crippen molar-refractivity contribution < 1.29 is 4.74 Å². The van der Waals surface area contributed by atoms with Gasteiger partial charge in [-0.05, 0) is 13.0 Å². The molecular weight excluding hydrogens is 236 g/mol. The molecule has 0 spiro atoms. The van der Waals surface area contributed by atoms with Gasteiger partial charge in [0.05, 0.1) is 18.8 Å². The summed E-state index contributed by atoms with van der Waals surface area (Å²) in [5.74, 6) is 1.17. The van der Waals surface area contributed by atoms with Gasteiger partial charge in [-0.15, -0.1) is 0 Å². The SMILES string of the molecule is CCOc1cccc(Cn2ccc(N=S)n2)n1. The first-order valence-electron chi connectivity index (χ1n) is 5.27. The van der Waals surface area contributed by atoms with Crippen molar-refractivity contribution in [2.24, 2.45) is 4.36 Å². The number of pyridine rings is 1. The second-order valence-corrected chi connectivity index (χ2v) is 3.55. The van der Waals surface area contributed by atoms with E-state index in [1.165, 1.54) is 0 Å². The topological polar surface area (TPSA) is 52.3 Å². The van der Waals surface area contributed by atoms with Gasteiger partial charge in [0, 0.05) is 30.8 Å². The van der Waals surface area contributed by atoms with Crippen LogP contribution in [0.1, 0.15) is 12.6 Å². The van der Waals surface area contributed by atoms with Crippen LogP contribution in [-0.4, -0.2) is 21.4 Å². The largest absolute Gasteiger partial charge is 0.478 e. The molecule has 5 nitrogen and oxygen atoms in total. The van der Waals surface area contributed by atoms with E-state index in [1.54, 1.807) is 10.7 Å². The zero-order valence-electron chi connectivity index (χ0n) is 9.41. The maximum Gasteiger partial charge on any atom is 0.213 e. The van der Waals surface area contributed by atoms with Gasteiger partial charge < -0.3 is 4.74 Å². The van der Waals surface area contributed by atoms with E-state index in [0.717, 1.165) is 5.69 Å². The molecule has 0 unspecified atom stereocenters. The maximum absolute atomic E-state index is 5.33. The Hall–Kier alpha value is -1.82. The second-order valence-electron chi connectivity index (χ2n) is 3.36. The summed E-state index contributed by atoms with van der Waals surface area (Å²) in [6.45, 7) is 3.11. The minimum absolute atomic E-state index is 0.543. The lowest BCUT2D eigenvalue weighted by Gasteiger charge is -2.04. The fraction of sp³-hybridized carbons (Fsp3) is 0.273. The van der Waals surface area contributed by atoms with Crippen LogP contribution < -0.4 is 4.74 Å². The zero-order chi connectivity index (χ0) is 12.1. The van der Waals surface area contributed by atoms with Crippen molar-refractivity contribution >= 4 is 18.2 Å². The summed E-state index contributed by atoms with van der Waals surface area (Å²) >= 11 is 4.57. The predicted octanol–water partition coefficient (Wildman–Crippen LogP) is 2.09. The fourth-order valence-corrected chi connectivity index (χ4v) is 1.52. The number of aromatic nitrogens is 3. The van der Waals surface area contributed by atoms with Gasteiger partial charge in [-0.25, -0.2) is 4.98 Å². The summed E-state index contributed by atoms with van der Waals surface area (Å²) < 4.78 is 10.7. The van der Waals surface area contributed by atoms with Crippen molar-refractivity contribution in [1.82, 2.24) is 14.8 Å². The quantitative estimate of drug-likeness (QED) is 0.813. The normalized spacial score (nSPS) is 10.2. The minimum atomic E-state index is 0.543. The zero-order valence-corrected chi connectivity index (χ0v) is 10.2. The van der Waals surface area contributed by atoms with Gasteiger partial charge in [-0.3, -0.25) is 4.68 Å². The standard InChI is InChI=1S/C11H12N4OS/c1-2-16-11-5-3-4-9(12-11)8-15-7-6-10(13-15)14-17/h3-7H,2,8H2,1H3. The lowest BCUT2D eigenvalue weighted by atomic mass is 10.3. The van der Waals surface area contributed by atoms with Crippen molar-refractivity contribution in [1.29, 1.82) is 0 Å². The third kappa shape index (κ3) is 3.07. The summed E-state index contributed by atoms with van der Waals surface area (Å²) in [6, 6.07) is 7.43. The smallest absolute Gasteiger partial charge is 0.213 e. The second kappa shape index (κ2) is 5.49. The van der Waals surface area contributed by atoms with Crippen LogP contribution in [0.3, 0.4) is 0 Å². The minimum Gasteiger partial charge on any atom is -0.478 e. The van der Waals surface area contributed by atoms with Crippen molar-refractivity contribution in [2.75, 3.05) is 6.61 Å². The molecule has 0 N–H and O–H groups in total. The molecule has 0 aliphatic carbocycles. The number of rotatable bonds is 5. The molecular formula is C11H12N4OS. The van der Waals surface area contributed by atoms with Crippen molar-refractivity contribution in [3.8, 4) is 5.88 Å². The lowest BCUT2D eigenvalue weighted by molar-refractivity contribution is 0.325. The first-order chi connectivity index (χ1) is 8.31. The molecule has 0 aliphatic heterocycles. The van der Waals surface area contributed by atoms with E-state index >= 15 is 0 Å². The third-order valence-corrected chi connectivity index (χ3v) is 2.30. The Morgan fingerprint density at radius 1 is 1.41 bits per heavy atom. The number of ether oxygens (including phenoxy) is 1. The molecule has 6 heteroatoms. The van der Waals surface area contributed by atoms with Crippen LogP contribution in [0.25, 0.3) is 0 Å². The van der Waals surface area contributed by atoms with Gasteiger partial charge in [-0.2, -0.15) is 9.46 Å². The summed E-state index contributed by atoms with van der Waals surface area (Å²) in [5.41, 5.74) is 0.884. The molecule has 0 fully saturated rings. The van der Waals surface area contributed by atoms with Crippen LogP contribution in [0.15, 0.2) is 34.8 Å². The molecule has 0 atom stereocenters. The molecule has 0 bridgehead atoms. The van der Waals surface area contributed by atoms with Crippen LogP contribution in [0.5, 0.6) is 5.88 Å². The Morgan fingerprint density at radius 3 is 3.00 bits per heavy atom. The Bertz CT molecular complexity index is 512. The van der Waals surface area contributed by atoms with Gasteiger partial charge in [0.25, 0.3) is 0 Å². The molecule has 17 heavy (non-hydrogen) atoms. The molecule has 0 saturated carbocycles. The summed E-state index contributed by atoms with van der Waals surface area (Å²) in [6.07, 6.45) is 1.82. The Balaban J connectivity index is 2.12. The van der Waals surface area contributed by atoms with Gasteiger partial charge in [-0.1, -0.05) is 6.07 Å². The molecule has 2 aromatic rings. The summed E-state index contributed by atoms with van der Waals surface area (Å²) in [5, 5.41) is 4.16. The van der Waals surface area contributed by atoms with Crippen LogP contribution >= 0.6 is 0 Å². The Morgan fingerprint density at radius 2 is 2.29 bits per heavy atom. The molecule has 2 heterocycles. The maximum atomic E-state index is 5.33. The molecule has 88 valence electrons. The Labute approximate surface area is 105 Å². The van der Waals surface area contributed by atoms with E-state index in [1.807, 2.05) is 31.3 Å². The van der Waals surface area contributed by atoms with Crippen LogP contribution in [0, 0.1) is 0 Å². The van der Waals surface area contributed by atoms with E-state index in [-0.39, 0.29) is 0 Å². The van der Waals surface area contributed by atoms with E-state index in [2.05, 4.69) is 26.9 Å². The number of hydrogen-bond donors (Lipinski definition) is 0. The molecule has 0 amide bonds. The van der Waals surface area contributed by atoms with Crippen LogP contribution in [0.2, 0.25) is 0 Å². The highest BCUT2D eigenvalue weighted by Gasteiger charge is 2.01. The van der Waals surface area contributed by atoms with Crippen LogP contribution in [-0.2, 0) is 19.0 Å². The number of nitrogens with zero attached hydrogens (tertiary/aromatic N) is 4. The molecule has 0 aliphatic rings. The van der Waals surface area contributed by atoms with E-state index in [4.69, 9.17) is 4.74 Å². The van der Waals surface area contributed by atoms with Gasteiger partial charge in [0.15, 0.2) is 5.82 Å². The van der Waals surface area contributed by atoms with Gasteiger partial charge in [0.1, 0.15) is 0 Å².